The molecular formula is C37H45ClFN3O3. The second-order valence-electron chi connectivity index (χ2n) is 11.5. The first-order chi connectivity index (χ1) is 21.7. The van der Waals surface area contributed by atoms with Gasteiger partial charge < -0.3 is 29.2 Å². The molecule has 0 bridgehead atoms. The molecule has 6 unspecified atom stereocenters. The van der Waals surface area contributed by atoms with Crippen LogP contribution in [0.5, 0.6) is 0 Å². The van der Waals surface area contributed by atoms with Crippen molar-refractivity contribution in [1.29, 1.82) is 0 Å². The van der Waals surface area contributed by atoms with Crippen LogP contribution in [0, 0.1) is 0 Å². The van der Waals surface area contributed by atoms with Crippen molar-refractivity contribution in [2.24, 2.45) is 0 Å². The van der Waals surface area contributed by atoms with E-state index >= 15 is 0 Å². The molecule has 45 heavy (non-hydrogen) atoms. The van der Waals surface area contributed by atoms with Gasteiger partial charge in [0, 0.05) is 34.3 Å². The smallest absolute Gasteiger partial charge is 0.140 e. The summed E-state index contributed by atoms with van der Waals surface area (Å²) in [4.78, 5) is 0. The zero-order valence-corrected chi connectivity index (χ0v) is 27.9. The number of fused-ring (bicyclic) bond motifs is 3. The van der Waals surface area contributed by atoms with Crippen LogP contribution in [-0.4, -0.2) is 39.3 Å². The second-order valence-corrected chi connectivity index (χ2v) is 11.9. The molecule has 0 spiro atoms. The summed E-state index contributed by atoms with van der Waals surface area (Å²) in [5, 5.41) is 12.6. The molecule has 3 N–H and O–H groups in total. The zero-order valence-electron chi connectivity index (χ0n) is 27.1. The molecule has 8 heteroatoms. The largest absolute Gasteiger partial charge is 0.464 e. The summed E-state index contributed by atoms with van der Waals surface area (Å²) in [7, 11) is 5.65. The van der Waals surface area contributed by atoms with Gasteiger partial charge in [-0.15, -0.1) is 11.6 Å². The van der Waals surface area contributed by atoms with Crippen molar-refractivity contribution in [3.63, 3.8) is 0 Å². The quantitative estimate of drug-likeness (QED) is 0.138. The second kappa shape index (κ2) is 16.1. The summed E-state index contributed by atoms with van der Waals surface area (Å²) in [6.07, 6.45) is 4.03. The van der Waals surface area contributed by atoms with E-state index in [0.717, 1.165) is 33.1 Å². The molecule has 0 aliphatic rings. The van der Waals surface area contributed by atoms with Gasteiger partial charge >= 0.3 is 0 Å². The van der Waals surface area contributed by atoms with Crippen molar-refractivity contribution in [3.8, 4) is 0 Å². The summed E-state index contributed by atoms with van der Waals surface area (Å²) < 4.78 is 29.8. The highest BCUT2D eigenvalue weighted by Crippen LogP contribution is 2.28. The van der Waals surface area contributed by atoms with Crippen LogP contribution in [0.1, 0.15) is 61.9 Å². The van der Waals surface area contributed by atoms with Crippen LogP contribution in [0.4, 0.5) is 4.39 Å². The van der Waals surface area contributed by atoms with Crippen molar-refractivity contribution in [2.75, 3.05) is 21.1 Å². The summed E-state index contributed by atoms with van der Waals surface area (Å²) in [5.74, 6) is 0.490. The molecule has 6 aromatic rings. The van der Waals surface area contributed by atoms with Crippen molar-refractivity contribution in [1.82, 2.24) is 16.0 Å². The normalized spacial score (nSPS) is 15.4. The number of benzene rings is 3. The fraction of sp³-hybridized carbons (Fsp3) is 0.351. The monoisotopic (exact) mass is 633 g/mol. The molecule has 6 nitrogen and oxygen atoms in total. The van der Waals surface area contributed by atoms with E-state index in [4.69, 9.17) is 24.9 Å². The lowest BCUT2D eigenvalue weighted by Gasteiger charge is -2.19. The number of hydrogen-bond donors (Lipinski definition) is 3. The molecule has 0 radical (unpaired) electrons. The molecule has 0 saturated carbocycles. The van der Waals surface area contributed by atoms with Crippen molar-refractivity contribution in [2.45, 2.75) is 63.3 Å². The molecular weight excluding hydrogens is 589 g/mol. The number of hydrogen-bond acceptors (Lipinski definition) is 6. The van der Waals surface area contributed by atoms with E-state index in [-0.39, 0.29) is 17.5 Å². The zero-order chi connectivity index (χ0) is 32.5. The van der Waals surface area contributed by atoms with E-state index in [0.29, 0.717) is 17.5 Å². The number of likely N-dealkylation sites (N-methyl/N-ethyl adjacent to an activating group) is 3. The van der Waals surface area contributed by atoms with Gasteiger partial charge in [0.25, 0.3) is 0 Å². The Hall–Kier alpha value is -3.62. The van der Waals surface area contributed by atoms with Gasteiger partial charge in [0.2, 0.25) is 0 Å². The predicted octanol–water partition coefficient (Wildman–Crippen LogP) is 9.52. The molecule has 3 aromatic carbocycles. The van der Waals surface area contributed by atoms with Crippen molar-refractivity contribution >= 4 is 44.5 Å². The molecule has 0 amide bonds. The lowest BCUT2D eigenvalue weighted by atomic mass is 9.94. The molecule has 0 aliphatic heterocycles. The van der Waals surface area contributed by atoms with E-state index in [9.17, 15) is 4.39 Å². The van der Waals surface area contributed by atoms with Gasteiger partial charge in [-0.2, -0.15) is 0 Å². The first-order valence-electron chi connectivity index (χ1n) is 15.4. The Labute approximate surface area is 270 Å². The van der Waals surface area contributed by atoms with Gasteiger partial charge in [0.1, 0.15) is 22.9 Å². The summed E-state index contributed by atoms with van der Waals surface area (Å²) in [5.41, 5.74) is 5.65. The third kappa shape index (κ3) is 8.56. The molecule has 0 saturated heterocycles. The Morgan fingerprint density at radius 2 is 0.933 bits per heavy atom. The molecule has 0 aliphatic carbocycles. The highest BCUT2D eigenvalue weighted by Gasteiger charge is 2.18. The molecule has 3 aromatic heterocycles. The number of alkyl halides is 2. The van der Waals surface area contributed by atoms with E-state index in [1.54, 1.807) is 38.0 Å². The topological polar surface area (TPSA) is 75.5 Å². The van der Waals surface area contributed by atoms with Gasteiger partial charge in [-0.3, -0.25) is 0 Å². The first kappa shape index (κ1) is 34.3. The molecule has 240 valence electrons. The summed E-state index contributed by atoms with van der Waals surface area (Å²) in [6, 6.07) is 24.3. The fourth-order valence-electron chi connectivity index (χ4n) is 4.95. The predicted molar refractivity (Wildman–Crippen MR) is 185 cm³/mol. The maximum absolute atomic E-state index is 13.9. The highest BCUT2D eigenvalue weighted by atomic mass is 35.5. The first-order valence-corrected chi connectivity index (χ1v) is 15.8. The van der Waals surface area contributed by atoms with Crippen molar-refractivity contribution < 1.29 is 17.6 Å². The van der Waals surface area contributed by atoms with Crippen LogP contribution in [0.3, 0.4) is 0 Å². The van der Waals surface area contributed by atoms with E-state index in [2.05, 4.69) is 54.9 Å². The minimum absolute atomic E-state index is 0.0375. The molecule has 6 atom stereocenters. The average Bonchev–Trinajstić information content (AvgIpc) is 3.86. The fourth-order valence-corrected chi connectivity index (χ4v) is 5.21. The van der Waals surface area contributed by atoms with Gasteiger partial charge in [-0.1, -0.05) is 43.3 Å². The average molecular weight is 634 g/mol. The van der Waals surface area contributed by atoms with E-state index < -0.39 is 6.17 Å². The minimum Gasteiger partial charge on any atom is -0.464 e. The third-order valence-electron chi connectivity index (χ3n) is 8.60. The maximum atomic E-state index is 13.9. The van der Waals surface area contributed by atoms with Crippen LogP contribution < -0.4 is 16.0 Å². The number of halogens is 2. The summed E-state index contributed by atoms with van der Waals surface area (Å²) >= 11 is 6.32. The van der Waals surface area contributed by atoms with Crippen LogP contribution in [0.25, 0.3) is 32.9 Å². The van der Waals surface area contributed by atoms with Crippen LogP contribution >= 0.6 is 11.6 Å². The van der Waals surface area contributed by atoms with E-state index in [1.807, 2.05) is 63.5 Å². The van der Waals surface area contributed by atoms with E-state index in [1.165, 1.54) is 10.9 Å². The molecule has 6 rings (SSSR count). The Kier molecular flexibility index (Phi) is 12.3. The van der Waals surface area contributed by atoms with Gasteiger partial charge in [0.15, 0.2) is 0 Å². The standard InChI is InChI=1S/C13H17NO.C12H14ClNO.C12H14FNO/c1-9(10(2)14-3)12-5-4-11-6-7-15-13(11)8-12;2*1-8(14-2)12(13)10-4-3-9-5-6-15-11(9)7-10/h4-10,14H,1-3H3;2*3-8,12,14H,1-2H3. The lowest BCUT2D eigenvalue weighted by molar-refractivity contribution is 0.275. The Bertz CT molecular complexity index is 1560. The Morgan fingerprint density at radius 1 is 0.533 bits per heavy atom. The molecule has 3 heterocycles. The number of furan rings is 3. The lowest BCUT2D eigenvalue weighted by Crippen LogP contribution is -2.27. The SMILES string of the molecule is CNC(C)C(C)c1ccc2ccoc2c1.CNC(C)C(Cl)c1ccc2ccoc2c1.CNC(C)C(F)c1ccc2ccoc2c1. The Morgan fingerprint density at radius 3 is 1.40 bits per heavy atom. The Balaban J connectivity index is 0.000000154. The number of rotatable bonds is 9. The van der Waals surface area contributed by atoms with Crippen LogP contribution in [0.2, 0.25) is 0 Å². The maximum Gasteiger partial charge on any atom is 0.140 e. The van der Waals surface area contributed by atoms with Crippen LogP contribution in [0.15, 0.2) is 105 Å². The molecule has 0 fully saturated rings. The van der Waals surface area contributed by atoms with Gasteiger partial charge in [-0.05, 0) is 101 Å². The van der Waals surface area contributed by atoms with Crippen molar-refractivity contribution in [3.05, 3.63) is 108 Å². The van der Waals surface area contributed by atoms with Gasteiger partial charge in [0.05, 0.1) is 24.2 Å². The third-order valence-corrected chi connectivity index (χ3v) is 9.23. The van der Waals surface area contributed by atoms with Gasteiger partial charge in [-0.25, -0.2) is 4.39 Å². The minimum atomic E-state index is -1.01. The highest BCUT2D eigenvalue weighted by molar-refractivity contribution is 6.21. The summed E-state index contributed by atoms with van der Waals surface area (Å²) in [6.45, 7) is 8.29. The number of nitrogens with one attached hydrogen (secondary N) is 3. The van der Waals surface area contributed by atoms with Crippen LogP contribution in [-0.2, 0) is 0 Å².